The van der Waals surface area contributed by atoms with Gasteiger partial charge in [-0.15, -0.1) is 11.3 Å². The van der Waals surface area contributed by atoms with E-state index >= 15 is 0 Å². The molecule has 1 atom stereocenters. The molecule has 1 aromatic heterocycles. The Morgan fingerprint density at radius 3 is 2.65 bits per heavy atom. The van der Waals surface area contributed by atoms with Crippen molar-refractivity contribution in [2.45, 2.75) is 32.0 Å². The van der Waals surface area contributed by atoms with Crippen LogP contribution in [-0.4, -0.2) is 34.5 Å². The summed E-state index contributed by atoms with van der Waals surface area (Å²) in [6.45, 7) is 1.18. The van der Waals surface area contributed by atoms with E-state index in [9.17, 15) is 9.59 Å². The minimum atomic E-state index is -0.556. The summed E-state index contributed by atoms with van der Waals surface area (Å²) in [7, 11) is 0. The number of benzene rings is 2. The summed E-state index contributed by atoms with van der Waals surface area (Å²) < 4.78 is 5.41. The van der Waals surface area contributed by atoms with E-state index in [1.165, 1.54) is 16.2 Å². The van der Waals surface area contributed by atoms with E-state index in [1.807, 2.05) is 60.0 Å². The molecule has 0 aliphatic carbocycles. The van der Waals surface area contributed by atoms with E-state index in [2.05, 4.69) is 10.3 Å². The van der Waals surface area contributed by atoms with Crippen molar-refractivity contribution in [1.82, 2.24) is 9.88 Å². The largest absolute Gasteiger partial charge is 0.445 e. The fourth-order valence-corrected chi connectivity index (χ4v) is 4.25. The molecule has 1 aliphatic heterocycles. The van der Waals surface area contributed by atoms with Crippen molar-refractivity contribution in [2.75, 3.05) is 11.9 Å². The number of rotatable bonds is 6. The molecule has 3 aromatic rings. The van der Waals surface area contributed by atoms with Crippen LogP contribution in [0.3, 0.4) is 0 Å². The van der Waals surface area contributed by atoms with Gasteiger partial charge in [0.05, 0.1) is 5.69 Å². The molecule has 160 valence electrons. The van der Waals surface area contributed by atoms with Crippen molar-refractivity contribution >= 4 is 28.5 Å². The van der Waals surface area contributed by atoms with Gasteiger partial charge in [-0.05, 0) is 24.0 Å². The van der Waals surface area contributed by atoms with Gasteiger partial charge in [0.2, 0.25) is 5.91 Å². The highest BCUT2D eigenvalue weighted by Crippen LogP contribution is 2.26. The SMILES string of the molecule is NCc1ccc(-c2csc(NC(=O)C3CCCN3C(=O)OCc3ccccc3)n2)cc1. The van der Waals surface area contributed by atoms with Gasteiger partial charge < -0.3 is 15.8 Å². The molecule has 1 unspecified atom stereocenters. The zero-order valence-electron chi connectivity index (χ0n) is 17.0. The third-order valence-corrected chi connectivity index (χ3v) is 5.97. The van der Waals surface area contributed by atoms with Gasteiger partial charge in [0.15, 0.2) is 5.13 Å². The number of aromatic nitrogens is 1. The second-order valence-electron chi connectivity index (χ2n) is 7.32. The van der Waals surface area contributed by atoms with E-state index < -0.39 is 12.1 Å². The number of amides is 2. The van der Waals surface area contributed by atoms with Crippen molar-refractivity contribution in [3.05, 3.63) is 71.1 Å². The molecule has 2 aromatic carbocycles. The quantitative estimate of drug-likeness (QED) is 0.608. The van der Waals surface area contributed by atoms with Crippen LogP contribution in [0.15, 0.2) is 60.0 Å². The molecule has 0 saturated carbocycles. The van der Waals surface area contributed by atoms with Crippen LogP contribution in [0.25, 0.3) is 11.3 Å². The Balaban J connectivity index is 1.36. The molecular formula is C23H24N4O3S. The maximum Gasteiger partial charge on any atom is 0.410 e. The number of nitrogens with two attached hydrogens (primary N) is 1. The van der Waals surface area contributed by atoms with Crippen LogP contribution in [0.4, 0.5) is 9.93 Å². The van der Waals surface area contributed by atoms with Gasteiger partial charge in [0.25, 0.3) is 0 Å². The number of anilines is 1. The highest BCUT2D eigenvalue weighted by atomic mass is 32.1. The number of carbonyl (C=O) groups is 2. The molecule has 8 heteroatoms. The Labute approximate surface area is 184 Å². The first kappa shape index (κ1) is 21.0. The Morgan fingerprint density at radius 1 is 1.13 bits per heavy atom. The molecule has 4 rings (SSSR count). The summed E-state index contributed by atoms with van der Waals surface area (Å²) in [5, 5.41) is 5.26. The topological polar surface area (TPSA) is 97.6 Å². The predicted molar refractivity (Wildman–Crippen MR) is 120 cm³/mol. The lowest BCUT2D eigenvalue weighted by Gasteiger charge is -2.22. The van der Waals surface area contributed by atoms with E-state index in [0.717, 1.165) is 28.8 Å². The zero-order valence-corrected chi connectivity index (χ0v) is 17.8. The van der Waals surface area contributed by atoms with Crippen LogP contribution in [0.1, 0.15) is 24.0 Å². The van der Waals surface area contributed by atoms with Gasteiger partial charge in [0.1, 0.15) is 12.6 Å². The van der Waals surface area contributed by atoms with E-state index in [-0.39, 0.29) is 12.5 Å². The summed E-state index contributed by atoms with van der Waals surface area (Å²) in [6.07, 6.45) is 0.890. The highest BCUT2D eigenvalue weighted by molar-refractivity contribution is 7.14. The maximum absolute atomic E-state index is 12.8. The van der Waals surface area contributed by atoms with Gasteiger partial charge in [-0.25, -0.2) is 9.78 Å². The number of hydrogen-bond acceptors (Lipinski definition) is 6. The summed E-state index contributed by atoms with van der Waals surface area (Å²) in [6, 6.07) is 16.8. The number of ether oxygens (including phenoxy) is 1. The third kappa shape index (κ3) is 5.10. The smallest absolute Gasteiger partial charge is 0.410 e. The normalized spacial score (nSPS) is 15.6. The zero-order chi connectivity index (χ0) is 21.6. The molecular weight excluding hydrogens is 412 g/mol. The first-order chi connectivity index (χ1) is 15.1. The summed E-state index contributed by atoms with van der Waals surface area (Å²) in [5.74, 6) is -0.242. The van der Waals surface area contributed by atoms with Gasteiger partial charge >= 0.3 is 6.09 Å². The van der Waals surface area contributed by atoms with E-state index in [4.69, 9.17) is 10.5 Å². The Bertz CT molecular complexity index is 1040. The fourth-order valence-electron chi connectivity index (χ4n) is 3.52. The Morgan fingerprint density at radius 2 is 1.90 bits per heavy atom. The predicted octanol–water partition coefficient (Wildman–Crippen LogP) is 4.01. The number of carbonyl (C=O) groups excluding carboxylic acids is 2. The van der Waals surface area contributed by atoms with Crippen molar-refractivity contribution in [1.29, 1.82) is 0 Å². The molecule has 3 N–H and O–H groups in total. The second-order valence-corrected chi connectivity index (χ2v) is 8.18. The van der Waals surface area contributed by atoms with Crippen LogP contribution in [0.5, 0.6) is 0 Å². The standard InChI is InChI=1S/C23H24N4O3S/c24-13-16-8-10-18(11-9-16)19-15-31-22(25-19)26-21(28)20-7-4-12-27(20)23(29)30-14-17-5-2-1-3-6-17/h1-3,5-6,8-11,15,20H,4,7,12-14,24H2,(H,25,26,28). The van der Waals surface area contributed by atoms with Crippen molar-refractivity contribution in [2.24, 2.45) is 5.73 Å². The molecule has 1 aliphatic rings. The molecule has 0 bridgehead atoms. The number of hydrogen-bond donors (Lipinski definition) is 2. The lowest BCUT2D eigenvalue weighted by Crippen LogP contribution is -2.43. The summed E-state index contributed by atoms with van der Waals surface area (Å²) in [5.41, 5.74) is 9.34. The number of nitrogens with one attached hydrogen (secondary N) is 1. The van der Waals surface area contributed by atoms with Crippen molar-refractivity contribution < 1.29 is 14.3 Å². The summed E-state index contributed by atoms with van der Waals surface area (Å²) in [4.78, 5) is 31.4. The lowest BCUT2D eigenvalue weighted by atomic mass is 10.1. The van der Waals surface area contributed by atoms with Gasteiger partial charge in [-0.3, -0.25) is 9.69 Å². The highest BCUT2D eigenvalue weighted by Gasteiger charge is 2.35. The van der Waals surface area contributed by atoms with Crippen LogP contribution in [0, 0.1) is 0 Å². The monoisotopic (exact) mass is 436 g/mol. The molecule has 1 fully saturated rings. The van der Waals surface area contributed by atoms with Crippen molar-refractivity contribution in [3.63, 3.8) is 0 Å². The molecule has 7 nitrogen and oxygen atoms in total. The lowest BCUT2D eigenvalue weighted by molar-refractivity contribution is -0.120. The summed E-state index contributed by atoms with van der Waals surface area (Å²) >= 11 is 1.36. The van der Waals surface area contributed by atoms with E-state index in [1.54, 1.807) is 0 Å². The average molecular weight is 437 g/mol. The van der Waals surface area contributed by atoms with Crippen molar-refractivity contribution in [3.8, 4) is 11.3 Å². The first-order valence-corrected chi connectivity index (χ1v) is 11.0. The van der Waals surface area contributed by atoms with Crippen LogP contribution >= 0.6 is 11.3 Å². The third-order valence-electron chi connectivity index (χ3n) is 5.21. The second kappa shape index (κ2) is 9.72. The number of nitrogens with zero attached hydrogens (tertiary/aromatic N) is 2. The molecule has 0 spiro atoms. The minimum absolute atomic E-state index is 0.184. The van der Waals surface area contributed by atoms with Gasteiger partial charge in [0, 0.05) is 24.0 Å². The minimum Gasteiger partial charge on any atom is -0.445 e. The van der Waals surface area contributed by atoms with E-state index in [0.29, 0.717) is 24.6 Å². The first-order valence-electron chi connectivity index (χ1n) is 10.2. The fraction of sp³-hybridized carbons (Fsp3) is 0.261. The average Bonchev–Trinajstić information content (AvgIpc) is 3.48. The molecule has 0 radical (unpaired) electrons. The van der Waals surface area contributed by atoms with Gasteiger partial charge in [-0.1, -0.05) is 54.6 Å². The number of thiazole rings is 1. The Kier molecular flexibility index (Phi) is 6.59. The molecule has 2 amide bonds. The maximum atomic E-state index is 12.8. The van der Waals surface area contributed by atoms with Crippen LogP contribution in [-0.2, 0) is 22.7 Å². The molecule has 2 heterocycles. The molecule has 1 saturated heterocycles. The Hall–Kier alpha value is -3.23. The van der Waals surface area contributed by atoms with Gasteiger partial charge in [-0.2, -0.15) is 0 Å². The van der Waals surface area contributed by atoms with Crippen LogP contribution in [0.2, 0.25) is 0 Å². The number of likely N-dealkylation sites (tertiary alicyclic amines) is 1. The van der Waals surface area contributed by atoms with Crippen LogP contribution < -0.4 is 11.1 Å². The molecule has 31 heavy (non-hydrogen) atoms.